The summed E-state index contributed by atoms with van der Waals surface area (Å²) < 4.78 is 108. The molecule has 0 amide bonds. The van der Waals surface area contributed by atoms with Crippen LogP contribution in [0, 0.1) is 0 Å². The summed E-state index contributed by atoms with van der Waals surface area (Å²) in [4.78, 5) is 0. The second-order valence-corrected chi connectivity index (χ2v) is 4.29. The fraction of sp³-hybridized carbons (Fsp3) is 0. The molecule has 21 heavy (non-hydrogen) atoms. The fourth-order valence-corrected chi connectivity index (χ4v) is 2.10. The van der Waals surface area contributed by atoms with Crippen molar-refractivity contribution in [2.75, 3.05) is 5.73 Å². The predicted molar refractivity (Wildman–Crippen MR) is 91.3 cm³/mol. The van der Waals surface area contributed by atoms with Crippen LogP contribution >= 0.6 is 0 Å². The maximum absolute atomic E-state index is 8.82. The Labute approximate surface area is 141 Å². The molecule has 4 rings (SSSR count). The smallest absolute Gasteiger partial charge is 0.0645 e. The summed E-state index contributed by atoms with van der Waals surface area (Å²) in [6.07, 6.45) is 0. The van der Waals surface area contributed by atoms with E-state index in [0.29, 0.717) is 0 Å². The molecule has 0 atom stereocenters. The molecule has 0 radical (unpaired) electrons. The Hall–Kier alpha value is -2.80. The van der Waals surface area contributed by atoms with Crippen LogP contribution in [0.25, 0.3) is 32.7 Å². The maximum Gasteiger partial charge on any atom is 0.0645 e. The summed E-state index contributed by atoms with van der Waals surface area (Å²) in [5.74, 6) is 0. The zero-order valence-corrected chi connectivity index (χ0v) is 10.6. The van der Waals surface area contributed by atoms with Gasteiger partial charge in [-0.3, -0.25) is 0 Å². The molecule has 1 nitrogen and oxygen atoms in total. The molecule has 0 saturated heterocycles. The second kappa shape index (κ2) is 4.64. The van der Waals surface area contributed by atoms with Crippen LogP contribution in [0.2, 0.25) is 0 Å². The lowest BCUT2D eigenvalue weighted by Crippen LogP contribution is -1.86. The van der Waals surface area contributed by atoms with E-state index in [1.807, 2.05) is 0 Å². The number of hydrogen-bond acceptors (Lipinski definition) is 1. The Morgan fingerprint density at radius 2 is 1.29 bits per heavy atom. The van der Waals surface area contributed by atoms with Crippen LogP contribution in [0.4, 0.5) is 5.69 Å². The Morgan fingerprint density at radius 3 is 2.05 bits per heavy atom. The molecule has 4 aromatic carbocycles. The first kappa shape index (κ1) is 4.60. The Balaban J connectivity index is 2.52. The van der Waals surface area contributed by atoms with E-state index in [1.165, 1.54) is 0 Å². The molecule has 0 spiro atoms. The number of rotatable bonds is 1. The minimum Gasteiger partial charge on any atom is -0.399 e. The summed E-state index contributed by atoms with van der Waals surface area (Å²) in [5, 5.41) is -1.33. The standard InChI is InChI=1S/C20H15N/c21-16-11-9-14(10-12-16)20-13-15-5-1-2-6-17(15)18-7-3-4-8-19(18)20/h1-13H,21H2/i1D,2D,3D,4D,5D,6D,7D,8D,9D,10D,11D,12D,13D. The third-order valence-corrected chi connectivity index (χ3v) is 3.02. The van der Waals surface area contributed by atoms with Gasteiger partial charge >= 0.3 is 0 Å². The van der Waals surface area contributed by atoms with Gasteiger partial charge in [-0.05, 0) is 50.8 Å². The molecular formula is C20H15N. The van der Waals surface area contributed by atoms with Gasteiger partial charge in [-0.15, -0.1) is 0 Å². The van der Waals surface area contributed by atoms with Gasteiger partial charge in [0.15, 0.2) is 0 Å². The first-order valence-corrected chi connectivity index (χ1v) is 6.04. The number of nitrogens with two attached hydrogens (primary N) is 1. The highest BCUT2D eigenvalue weighted by Gasteiger charge is 2.07. The summed E-state index contributed by atoms with van der Waals surface area (Å²) in [6, 6.07) is -8.36. The van der Waals surface area contributed by atoms with Gasteiger partial charge in [-0.1, -0.05) is 60.4 Å². The van der Waals surface area contributed by atoms with Gasteiger partial charge in [0.2, 0.25) is 0 Å². The molecule has 0 saturated carbocycles. The monoisotopic (exact) mass is 282 g/mol. The molecule has 100 valence electrons. The van der Waals surface area contributed by atoms with Gasteiger partial charge in [-0.25, -0.2) is 0 Å². The average molecular weight is 282 g/mol. The quantitative estimate of drug-likeness (QED) is 0.375. The van der Waals surface area contributed by atoms with Gasteiger partial charge in [-0.2, -0.15) is 0 Å². The van der Waals surface area contributed by atoms with Crippen LogP contribution in [0.5, 0.6) is 0 Å². The van der Waals surface area contributed by atoms with Crippen molar-refractivity contribution in [1.82, 2.24) is 0 Å². The van der Waals surface area contributed by atoms with Crippen LogP contribution in [0.3, 0.4) is 0 Å². The lowest BCUT2D eigenvalue weighted by atomic mass is 9.93. The Kier molecular flexibility index (Phi) is 1.02. The first-order valence-electron chi connectivity index (χ1n) is 12.5. The van der Waals surface area contributed by atoms with E-state index < -0.39 is 95.4 Å². The van der Waals surface area contributed by atoms with Crippen molar-refractivity contribution < 1.29 is 17.8 Å². The minimum atomic E-state index is -0.691. The van der Waals surface area contributed by atoms with Crippen molar-refractivity contribution in [3.05, 3.63) is 78.6 Å². The number of fused-ring (bicyclic) bond motifs is 3. The molecule has 4 aromatic rings. The SMILES string of the molecule is [2H]c1c([2H])c(-c2c([2H])c3c([2H])c([2H])c([2H])c([2H])c3c3c([2H])c([2H])c([2H])c([2H])c23)c([2H])c([2H])c1N. The topological polar surface area (TPSA) is 26.0 Å². The first-order chi connectivity index (χ1) is 15.7. The highest BCUT2D eigenvalue weighted by atomic mass is 14.5. The third-order valence-electron chi connectivity index (χ3n) is 3.02. The molecule has 0 heterocycles. The summed E-state index contributed by atoms with van der Waals surface area (Å²) >= 11 is 0. The van der Waals surface area contributed by atoms with Gasteiger partial charge in [0.05, 0.1) is 17.8 Å². The van der Waals surface area contributed by atoms with Crippen LogP contribution in [-0.4, -0.2) is 0 Å². The van der Waals surface area contributed by atoms with Crippen molar-refractivity contribution >= 4 is 27.2 Å². The van der Waals surface area contributed by atoms with E-state index in [4.69, 9.17) is 23.6 Å². The summed E-state index contributed by atoms with van der Waals surface area (Å²) in [6.45, 7) is 0. The van der Waals surface area contributed by atoms with Crippen molar-refractivity contribution in [1.29, 1.82) is 0 Å². The fourth-order valence-electron chi connectivity index (χ4n) is 2.10. The van der Waals surface area contributed by atoms with Crippen LogP contribution < -0.4 is 5.73 Å². The zero-order valence-electron chi connectivity index (χ0n) is 23.6. The highest BCUT2D eigenvalue weighted by molar-refractivity contribution is 6.13. The molecule has 0 fully saturated rings. The largest absolute Gasteiger partial charge is 0.399 e. The van der Waals surface area contributed by atoms with Gasteiger partial charge in [0, 0.05) is 5.69 Å². The summed E-state index contributed by atoms with van der Waals surface area (Å²) in [7, 11) is 0. The Bertz CT molecular complexity index is 1560. The highest BCUT2D eigenvalue weighted by Crippen LogP contribution is 2.34. The number of anilines is 1. The van der Waals surface area contributed by atoms with Gasteiger partial charge in [0.1, 0.15) is 0 Å². The lowest BCUT2D eigenvalue weighted by molar-refractivity contribution is 1.65. The third kappa shape index (κ3) is 1.95. The molecule has 0 bridgehead atoms. The van der Waals surface area contributed by atoms with E-state index in [-0.39, 0.29) is 21.5 Å². The number of benzene rings is 4. The predicted octanol–water partition coefficient (Wildman–Crippen LogP) is 5.24. The van der Waals surface area contributed by atoms with E-state index >= 15 is 0 Å². The van der Waals surface area contributed by atoms with E-state index in [1.54, 1.807) is 0 Å². The average Bonchev–Trinajstić information content (AvgIpc) is 2.81. The van der Waals surface area contributed by atoms with Gasteiger partial charge < -0.3 is 5.73 Å². The number of hydrogen-bond donors (Lipinski definition) is 1. The van der Waals surface area contributed by atoms with E-state index in [0.717, 1.165) is 0 Å². The van der Waals surface area contributed by atoms with E-state index in [9.17, 15) is 0 Å². The zero-order chi connectivity index (χ0) is 25.5. The van der Waals surface area contributed by atoms with Crippen molar-refractivity contribution in [3.63, 3.8) is 0 Å². The van der Waals surface area contributed by atoms with Crippen molar-refractivity contribution in [3.8, 4) is 11.1 Å². The summed E-state index contributed by atoms with van der Waals surface area (Å²) in [5.41, 5.74) is 4.36. The lowest BCUT2D eigenvalue weighted by Gasteiger charge is -2.11. The molecule has 0 aliphatic heterocycles. The molecule has 0 aromatic heterocycles. The van der Waals surface area contributed by atoms with Crippen LogP contribution in [0.15, 0.2) is 78.6 Å². The number of nitrogen functional groups attached to an aromatic ring is 1. The maximum atomic E-state index is 8.82. The van der Waals surface area contributed by atoms with Crippen LogP contribution in [0.1, 0.15) is 17.8 Å². The second-order valence-electron chi connectivity index (χ2n) is 4.29. The molecule has 0 aliphatic rings. The van der Waals surface area contributed by atoms with Crippen LogP contribution in [-0.2, 0) is 0 Å². The van der Waals surface area contributed by atoms with Gasteiger partial charge in [0.25, 0.3) is 0 Å². The molecular weight excluding hydrogens is 254 g/mol. The minimum absolute atomic E-state index is 0.299. The normalized spacial score (nSPS) is 19.7. The Morgan fingerprint density at radius 1 is 0.667 bits per heavy atom. The van der Waals surface area contributed by atoms with Crippen molar-refractivity contribution in [2.45, 2.75) is 0 Å². The molecule has 2 N–H and O–H groups in total. The molecule has 0 unspecified atom stereocenters. The molecule has 1 heteroatoms. The van der Waals surface area contributed by atoms with Crippen molar-refractivity contribution in [2.24, 2.45) is 0 Å². The molecule has 0 aliphatic carbocycles. The van der Waals surface area contributed by atoms with E-state index in [2.05, 4.69) is 0 Å².